The molecule has 0 fully saturated rings. The predicted molar refractivity (Wildman–Crippen MR) is 55.5 cm³/mol. The third-order valence-corrected chi connectivity index (χ3v) is 1.49. The molecule has 0 amide bonds. The molecule has 4 heteroatoms. The summed E-state index contributed by atoms with van der Waals surface area (Å²) >= 11 is 0. The molecule has 0 unspecified atom stereocenters. The number of hydrogen-bond acceptors (Lipinski definition) is 1. The number of carbonyl (C=O) groups is 1. The Labute approximate surface area is 86.6 Å². The van der Waals surface area contributed by atoms with Crippen molar-refractivity contribution in [3.05, 3.63) is 0 Å². The molecular weight excluding hydrogens is 199 g/mol. The minimum absolute atomic E-state index is 0. The van der Waals surface area contributed by atoms with E-state index >= 15 is 0 Å². The summed E-state index contributed by atoms with van der Waals surface area (Å²) in [6.07, 6.45) is 5.88. The molecule has 0 bridgehead atoms. The number of halogens is 2. The Morgan fingerprint density at radius 3 is 2.00 bits per heavy atom. The summed E-state index contributed by atoms with van der Waals surface area (Å²) in [6.45, 7) is 2.15. The van der Waals surface area contributed by atoms with Crippen LogP contribution >= 0.6 is 24.8 Å². The molecule has 76 valence electrons. The summed E-state index contributed by atoms with van der Waals surface area (Å²) < 4.78 is 0. The van der Waals surface area contributed by atoms with Gasteiger partial charge in [0.2, 0.25) is 0 Å². The molecule has 0 heterocycles. The van der Waals surface area contributed by atoms with E-state index in [9.17, 15) is 4.79 Å². The van der Waals surface area contributed by atoms with Gasteiger partial charge in [-0.05, 0) is 6.42 Å². The number of unbranched alkanes of at least 4 members (excludes halogenated alkanes) is 4. The lowest BCUT2D eigenvalue weighted by Gasteiger charge is -1.95. The molecule has 0 rings (SSSR count). The van der Waals surface area contributed by atoms with Crippen molar-refractivity contribution >= 4 is 30.8 Å². The summed E-state index contributed by atoms with van der Waals surface area (Å²) in [7, 11) is 0. The van der Waals surface area contributed by atoms with Gasteiger partial charge in [-0.3, -0.25) is 4.79 Å². The predicted octanol–water partition coefficient (Wildman–Crippen LogP) is 3.28. The van der Waals surface area contributed by atoms with Crippen LogP contribution < -0.4 is 0 Å². The van der Waals surface area contributed by atoms with E-state index in [0.717, 1.165) is 12.8 Å². The molecule has 12 heavy (non-hydrogen) atoms. The molecule has 0 radical (unpaired) electrons. The fourth-order valence-electron chi connectivity index (χ4n) is 0.880. The maximum atomic E-state index is 10.0. The molecule has 0 saturated heterocycles. The van der Waals surface area contributed by atoms with Crippen LogP contribution in [0.3, 0.4) is 0 Å². The average molecular weight is 217 g/mol. The highest BCUT2D eigenvalue weighted by Crippen LogP contribution is 2.04. The zero-order valence-electron chi connectivity index (χ0n) is 7.41. The van der Waals surface area contributed by atoms with Crippen molar-refractivity contribution in [2.45, 2.75) is 45.4 Å². The Kier molecular flexibility index (Phi) is 20.4. The third-order valence-electron chi connectivity index (χ3n) is 1.49. The topological polar surface area (TPSA) is 37.3 Å². The standard InChI is InChI=1S/C8H16O2.2ClH/c1-2-3-4-5-6-7-8(9)10;;/h2-7H2,1H3,(H,9,10);2*1H. The lowest BCUT2D eigenvalue weighted by atomic mass is 10.1. The summed E-state index contributed by atoms with van der Waals surface area (Å²) in [6, 6.07) is 0. The molecule has 0 saturated carbocycles. The molecule has 0 aromatic rings. The summed E-state index contributed by atoms with van der Waals surface area (Å²) in [5, 5.41) is 8.27. The van der Waals surface area contributed by atoms with Crippen molar-refractivity contribution in [3.63, 3.8) is 0 Å². The molecule has 0 aliphatic rings. The Morgan fingerprint density at radius 1 is 1.08 bits per heavy atom. The number of carboxylic acids is 1. The lowest BCUT2D eigenvalue weighted by Crippen LogP contribution is -1.93. The van der Waals surface area contributed by atoms with Gasteiger partial charge in [-0.1, -0.05) is 32.6 Å². The van der Waals surface area contributed by atoms with Gasteiger partial charge in [-0.25, -0.2) is 0 Å². The van der Waals surface area contributed by atoms with Crippen LogP contribution in [-0.2, 0) is 4.79 Å². The van der Waals surface area contributed by atoms with E-state index in [2.05, 4.69) is 6.92 Å². The number of rotatable bonds is 6. The van der Waals surface area contributed by atoms with Crippen molar-refractivity contribution in [2.24, 2.45) is 0 Å². The Hall–Kier alpha value is 0.0500. The highest BCUT2D eigenvalue weighted by atomic mass is 35.5. The van der Waals surface area contributed by atoms with Crippen molar-refractivity contribution < 1.29 is 9.90 Å². The van der Waals surface area contributed by atoms with Gasteiger partial charge in [0.1, 0.15) is 0 Å². The summed E-state index contributed by atoms with van der Waals surface area (Å²) in [4.78, 5) is 10.0. The van der Waals surface area contributed by atoms with Crippen molar-refractivity contribution in [1.82, 2.24) is 0 Å². The van der Waals surface area contributed by atoms with E-state index in [1.54, 1.807) is 0 Å². The second kappa shape index (κ2) is 13.6. The van der Waals surface area contributed by atoms with Gasteiger partial charge >= 0.3 is 5.97 Å². The highest BCUT2D eigenvalue weighted by Gasteiger charge is 1.94. The van der Waals surface area contributed by atoms with Gasteiger partial charge in [-0.15, -0.1) is 24.8 Å². The first-order chi connectivity index (χ1) is 4.77. The summed E-state index contributed by atoms with van der Waals surface area (Å²) in [5.41, 5.74) is 0. The zero-order valence-corrected chi connectivity index (χ0v) is 9.05. The van der Waals surface area contributed by atoms with Gasteiger partial charge < -0.3 is 5.11 Å². The second-order valence-corrected chi connectivity index (χ2v) is 2.56. The van der Waals surface area contributed by atoms with E-state index in [0.29, 0.717) is 6.42 Å². The van der Waals surface area contributed by atoms with Crippen LogP contribution in [0.25, 0.3) is 0 Å². The third kappa shape index (κ3) is 16.6. The van der Waals surface area contributed by atoms with E-state index in [1.165, 1.54) is 19.3 Å². The maximum Gasteiger partial charge on any atom is 0.303 e. The number of aliphatic carboxylic acids is 1. The molecule has 2 nitrogen and oxygen atoms in total. The van der Waals surface area contributed by atoms with Crippen molar-refractivity contribution in [2.75, 3.05) is 0 Å². The molecule has 0 aliphatic heterocycles. The zero-order chi connectivity index (χ0) is 7.82. The van der Waals surface area contributed by atoms with Crippen LogP contribution in [0.15, 0.2) is 0 Å². The Bertz CT molecular complexity index is 97.1. The first kappa shape index (κ1) is 18.0. The molecular formula is C8H18Cl2O2. The van der Waals surface area contributed by atoms with E-state index in [-0.39, 0.29) is 24.8 Å². The first-order valence-corrected chi connectivity index (χ1v) is 3.99. The Balaban J connectivity index is -0.000000405. The average Bonchev–Trinajstić information content (AvgIpc) is 1.87. The minimum atomic E-state index is -0.670. The fourth-order valence-corrected chi connectivity index (χ4v) is 0.880. The van der Waals surface area contributed by atoms with Crippen LogP contribution in [0, 0.1) is 0 Å². The van der Waals surface area contributed by atoms with Crippen LogP contribution in [0.5, 0.6) is 0 Å². The molecule has 0 aromatic carbocycles. The van der Waals surface area contributed by atoms with Crippen LogP contribution in [0.4, 0.5) is 0 Å². The van der Waals surface area contributed by atoms with E-state index in [1.807, 2.05) is 0 Å². The molecule has 1 N–H and O–H groups in total. The molecule has 0 aromatic heterocycles. The van der Waals surface area contributed by atoms with Crippen molar-refractivity contribution in [1.29, 1.82) is 0 Å². The highest BCUT2D eigenvalue weighted by molar-refractivity contribution is 5.85. The molecule has 0 atom stereocenters. The normalized spacial score (nSPS) is 8.08. The van der Waals surface area contributed by atoms with Crippen LogP contribution in [-0.4, -0.2) is 11.1 Å². The molecule has 0 spiro atoms. The maximum absolute atomic E-state index is 10.0. The fraction of sp³-hybridized carbons (Fsp3) is 0.875. The molecule has 0 aliphatic carbocycles. The van der Waals surface area contributed by atoms with Crippen molar-refractivity contribution in [3.8, 4) is 0 Å². The van der Waals surface area contributed by atoms with Gasteiger partial charge in [0, 0.05) is 6.42 Å². The van der Waals surface area contributed by atoms with Gasteiger partial charge in [0.15, 0.2) is 0 Å². The lowest BCUT2D eigenvalue weighted by molar-refractivity contribution is -0.137. The Morgan fingerprint density at radius 2 is 1.58 bits per heavy atom. The minimum Gasteiger partial charge on any atom is -0.481 e. The smallest absolute Gasteiger partial charge is 0.303 e. The van der Waals surface area contributed by atoms with Gasteiger partial charge in [-0.2, -0.15) is 0 Å². The second-order valence-electron chi connectivity index (χ2n) is 2.56. The summed E-state index contributed by atoms with van der Waals surface area (Å²) in [5.74, 6) is -0.670. The SMILES string of the molecule is CCCCCCCC(=O)O.Cl.Cl. The van der Waals surface area contributed by atoms with E-state index < -0.39 is 5.97 Å². The van der Waals surface area contributed by atoms with Crippen LogP contribution in [0.1, 0.15) is 45.4 Å². The number of carboxylic acid groups (broad SMARTS) is 1. The monoisotopic (exact) mass is 216 g/mol. The van der Waals surface area contributed by atoms with Gasteiger partial charge in [0.05, 0.1) is 0 Å². The van der Waals surface area contributed by atoms with Crippen LogP contribution in [0.2, 0.25) is 0 Å². The van der Waals surface area contributed by atoms with E-state index in [4.69, 9.17) is 5.11 Å². The largest absolute Gasteiger partial charge is 0.481 e. The quantitative estimate of drug-likeness (QED) is 0.693. The number of hydrogen-bond donors (Lipinski definition) is 1. The van der Waals surface area contributed by atoms with Gasteiger partial charge in [0.25, 0.3) is 0 Å². The first-order valence-electron chi connectivity index (χ1n) is 3.99.